The minimum atomic E-state index is -0.879. The van der Waals surface area contributed by atoms with Crippen molar-refractivity contribution in [2.45, 2.75) is 20.0 Å². The Balaban J connectivity index is 0.000000253. The minimum Gasteiger partial charge on any atom is -0.478 e. The standard InChI is InChI=1S/C13H16O.C7H6O2/c1-10(12(3)14)8-9-13-7-5-4-6-11(13)2;8-7(9)6-4-2-1-3-5-6/h4-9,12,14H,1H2,2-3H3;1-5H,(H,8,9). The molecule has 3 heteroatoms. The van der Waals surface area contributed by atoms with Crippen molar-refractivity contribution >= 4 is 12.0 Å². The summed E-state index contributed by atoms with van der Waals surface area (Å²) in [5.74, 6) is -0.879. The van der Waals surface area contributed by atoms with Crippen LogP contribution in [0.2, 0.25) is 0 Å². The molecule has 0 aliphatic carbocycles. The number of rotatable bonds is 4. The van der Waals surface area contributed by atoms with Crippen molar-refractivity contribution in [3.05, 3.63) is 89.5 Å². The highest BCUT2D eigenvalue weighted by atomic mass is 16.4. The predicted molar refractivity (Wildman–Crippen MR) is 94.4 cm³/mol. The van der Waals surface area contributed by atoms with Gasteiger partial charge in [-0.3, -0.25) is 0 Å². The maximum absolute atomic E-state index is 10.2. The summed E-state index contributed by atoms with van der Waals surface area (Å²) in [6.07, 6.45) is 3.35. The third-order valence-electron chi connectivity index (χ3n) is 3.22. The third-order valence-corrected chi connectivity index (χ3v) is 3.22. The lowest BCUT2D eigenvalue weighted by molar-refractivity contribution is 0.0697. The Hall–Kier alpha value is -2.65. The largest absolute Gasteiger partial charge is 0.478 e. The quantitative estimate of drug-likeness (QED) is 0.826. The first kappa shape index (κ1) is 18.4. The van der Waals surface area contributed by atoms with E-state index in [-0.39, 0.29) is 0 Å². The number of carbonyl (C=O) groups is 1. The van der Waals surface area contributed by atoms with Crippen molar-refractivity contribution < 1.29 is 15.0 Å². The number of hydrogen-bond donors (Lipinski definition) is 2. The molecule has 0 fully saturated rings. The van der Waals surface area contributed by atoms with Crippen LogP contribution in [0.1, 0.15) is 28.4 Å². The van der Waals surface area contributed by atoms with Crippen LogP contribution in [0, 0.1) is 6.92 Å². The molecule has 0 bridgehead atoms. The number of aliphatic hydroxyl groups is 1. The van der Waals surface area contributed by atoms with Crippen molar-refractivity contribution in [1.29, 1.82) is 0 Å². The van der Waals surface area contributed by atoms with Gasteiger partial charge in [0.2, 0.25) is 0 Å². The second kappa shape index (κ2) is 9.38. The van der Waals surface area contributed by atoms with Gasteiger partial charge in [0.1, 0.15) is 0 Å². The third kappa shape index (κ3) is 6.76. The molecule has 2 N–H and O–H groups in total. The molecule has 0 aromatic heterocycles. The lowest BCUT2D eigenvalue weighted by Crippen LogP contribution is -1.99. The van der Waals surface area contributed by atoms with Gasteiger partial charge in [0.05, 0.1) is 11.7 Å². The van der Waals surface area contributed by atoms with Crippen LogP contribution in [0.4, 0.5) is 0 Å². The monoisotopic (exact) mass is 310 g/mol. The molecule has 0 spiro atoms. The summed E-state index contributed by atoms with van der Waals surface area (Å²) in [6.45, 7) is 7.54. The molecule has 0 saturated carbocycles. The zero-order valence-corrected chi connectivity index (χ0v) is 13.4. The molecular weight excluding hydrogens is 288 g/mol. The number of carboxylic acid groups (broad SMARTS) is 1. The number of aryl methyl sites for hydroxylation is 1. The van der Waals surface area contributed by atoms with Gasteiger partial charge in [-0.05, 0) is 42.7 Å². The fourth-order valence-electron chi connectivity index (χ4n) is 1.69. The van der Waals surface area contributed by atoms with E-state index in [1.165, 1.54) is 5.56 Å². The van der Waals surface area contributed by atoms with Gasteiger partial charge in [0, 0.05) is 0 Å². The van der Waals surface area contributed by atoms with E-state index in [1.54, 1.807) is 37.3 Å². The summed E-state index contributed by atoms with van der Waals surface area (Å²) in [7, 11) is 0. The SMILES string of the molecule is C=C(C=Cc1ccccc1C)C(C)O.O=C(O)c1ccccc1. The number of hydrogen-bond acceptors (Lipinski definition) is 2. The summed E-state index contributed by atoms with van der Waals surface area (Å²) in [5, 5.41) is 17.6. The molecule has 2 rings (SSSR count). The van der Waals surface area contributed by atoms with E-state index < -0.39 is 12.1 Å². The number of aliphatic hydroxyl groups excluding tert-OH is 1. The van der Waals surface area contributed by atoms with Gasteiger partial charge in [-0.2, -0.15) is 0 Å². The Morgan fingerprint density at radius 3 is 2.13 bits per heavy atom. The molecule has 0 saturated heterocycles. The van der Waals surface area contributed by atoms with E-state index >= 15 is 0 Å². The molecule has 0 heterocycles. The van der Waals surface area contributed by atoms with E-state index in [9.17, 15) is 9.90 Å². The van der Waals surface area contributed by atoms with E-state index in [2.05, 4.69) is 19.6 Å². The summed E-state index contributed by atoms with van der Waals surface area (Å²) in [6, 6.07) is 16.4. The smallest absolute Gasteiger partial charge is 0.335 e. The van der Waals surface area contributed by atoms with Crippen LogP contribution in [0.5, 0.6) is 0 Å². The maximum atomic E-state index is 10.2. The molecule has 3 nitrogen and oxygen atoms in total. The van der Waals surface area contributed by atoms with Crippen molar-refractivity contribution in [2.75, 3.05) is 0 Å². The van der Waals surface area contributed by atoms with E-state index in [4.69, 9.17) is 5.11 Å². The lowest BCUT2D eigenvalue weighted by atomic mass is 10.1. The van der Waals surface area contributed by atoms with Crippen LogP contribution < -0.4 is 0 Å². The Kier molecular flexibility index (Phi) is 7.51. The lowest BCUT2D eigenvalue weighted by Gasteiger charge is -2.03. The van der Waals surface area contributed by atoms with Gasteiger partial charge >= 0.3 is 5.97 Å². The highest BCUT2D eigenvalue weighted by molar-refractivity contribution is 5.87. The number of carboxylic acids is 1. The first-order valence-electron chi connectivity index (χ1n) is 7.30. The Morgan fingerprint density at radius 2 is 1.65 bits per heavy atom. The Bertz CT molecular complexity index is 670. The number of benzene rings is 2. The van der Waals surface area contributed by atoms with Crippen molar-refractivity contribution in [1.82, 2.24) is 0 Å². The maximum Gasteiger partial charge on any atom is 0.335 e. The molecule has 0 aliphatic heterocycles. The first-order valence-corrected chi connectivity index (χ1v) is 7.30. The fourth-order valence-corrected chi connectivity index (χ4v) is 1.69. The average Bonchev–Trinajstić information content (AvgIpc) is 2.55. The molecule has 2 aromatic rings. The van der Waals surface area contributed by atoms with Crippen LogP contribution in [0.3, 0.4) is 0 Å². The molecule has 1 unspecified atom stereocenters. The molecule has 1 atom stereocenters. The topological polar surface area (TPSA) is 57.5 Å². The Morgan fingerprint density at radius 1 is 1.09 bits per heavy atom. The van der Waals surface area contributed by atoms with Gasteiger partial charge in [-0.25, -0.2) is 4.79 Å². The van der Waals surface area contributed by atoms with Gasteiger partial charge in [-0.15, -0.1) is 0 Å². The fraction of sp³-hybridized carbons (Fsp3) is 0.150. The van der Waals surface area contributed by atoms with E-state index in [0.717, 1.165) is 11.1 Å². The summed E-state index contributed by atoms with van der Waals surface area (Å²) in [5.41, 5.74) is 3.45. The second-order valence-electron chi connectivity index (χ2n) is 5.11. The van der Waals surface area contributed by atoms with Crippen LogP contribution in [0.25, 0.3) is 6.08 Å². The van der Waals surface area contributed by atoms with Gasteiger partial charge < -0.3 is 10.2 Å². The second-order valence-corrected chi connectivity index (χ2v) is 5.11. The van der Waals surface area contributed by atoms with E-state index in [1.807, 2.05) is 30.4 Å². The van der Waals surface area contributed by atoms with Crippen LogP contribution >= 0.6 is 0 Å². The van der Waals surface area contributed by atoms with E-state index in [0.29, 0.717) is 5.56 Å². The van der Waals surface area contributed by atoms with Gasteiger partial charge in [-0.1, -0.05) is 61.2 Å². The predicted octanol–water partition coefficient (Wildman–Crippen LogP) is 4.33. The van der Waals surface area contributed by atoms with Gasteiger partial charge in [0.25, 0.3) is 0 Å². The van der Waals surface area contributed by atoms with Crippen LogP contribution in [0.15, 0.2) is 72.8 Å². The van der Waals surface area contributed by atoms with Gasteiger partial charge in [0.15, 0.2) is 0 Å². The highest BCUT2D eigenvalue weighted by Gasteiger charge is 1.97. The molecule has 0 radical (unpaired) electrons. The average molecular weight is 310 g/mol. The van der Waals surface area contributed by atoms with Crippen LogP contribution in [-0.4, -0.2) is 22.3 Å². The molecule has 2 aromatic carbocycles. The normalized spacial score (nSPS) is 11.4. The highest BCUT2D eigenvalue weighted by Crippen LogP contribution is 2.11. The first-order chi connectivity index (χ1) is 10.9. The van der Waals surface area contributed by atoms with Crippen molar-refractivity contribution in [3.8, 4) is 0 Å². The van der Waals surface area contributed by atoms with Crippen molar-refractivity contribution in [2.24, 2.45) is 0 Å². The van der Waals surface area contributed by atoms with Crippen LogP contribution in [-0.2, 0) is 0 Å². The molecule has 120 valence electrons. The number of aromatic carboxylic acids is 1. The summed E-state index contributed by atoms with van der Waals surface area (Å²) < 4.78 is 0. The zero-order chi connectivity index (χ0) is 17.2. The molecular formula is C20H22O3. The zero-order valence-electron chi connectivity index (χ0n) is 13.4. The molecule has 23 heavy (non-hydrogen) atoms. The van der Waals surface area contributed by atoms with Crippen molar-refractivity contribution in [3.63, 3.8) is 0 Å². The minimum absolute atomic E-state index is 0.331. The molecule has 0 aliphatic rings. The molecule has 0 amide bonds. The summed E-state index contributed by atoms with van der Waals surface area (Å²) in [4.78, 5) is 10.2. The Labute approximate surface area is 137 Å². The summed E-state index contributed by atoms with van der Waals surface area (Å²) >= 11 is 0.